The first-order valence-corrected chi connectivity index (χ1v) is 5.09. The lowest BCUT2D eigenvalue weighted by molar-refractivity contribution is -0.384. The van der Waals surface area contributed by atoms with Crippen LogP contribution in [0.2, 0.25) is 0 Å². The Labute approximate surface area is 98.9 Å². The lowest BCUT2D eigenvalue weighted by atomic mass is 10.2. The molecule has 0 atom stereocenters. The summed E-state index contributed by atoms with van der Waals surface area (Å²) in [6.07, 6.45) is 0. The normalized spacial score (nSPS) is 9.76. The van der Waals surface area contributed by atoms with Crippen molar-refractivity contribution in [2.24, 2.45) is 0 Å². The van der Waals surface area contributed by atoms with Gasteiger partial charge in [0.2, 0.25) is 0 Å². The number of esters is 1. The van der Waals surface area contributed by atoms with Gasteiger partial charge >= 0.3 is 5.97 Å². The van der Waals surface area contributed by atoms with E-state index in [0.29, 0.717) is 13.2 Å². The quantitative estimate of drug-likeness (QED) is 0.442. The highest BCUT2D eigenvalue weighted by Crippen LogP contribution is 2.17. The van der Waals surface area contributed by atoms with Crippen LogP contribution < -0.4 is 4.90 Å². The van der Waals surface area contributed by atoms with Gasteiger partial charge in [-0.2, -0.15) is 0 Å². The van der Waals surface area contributed by atoms with Crippen molar-refractivity contribution in [3.8, 4) is 0 Å². The Morgan fingerprint density at radius 2 is 2.00 bits per heavy atom. The van der Waals surface area contributed by atoms with Gasteiger partial charge in [-0.15, -0.1) is 0 Å². The molecule has 6 heteroatoms. The van der Waals surface area contributed by atoms with Crippen molar-refractivity contribution in [3.05, 3.63) is 34.4 Å². The SMILES string of the molecule is CC(=O)OCCN(C)c1ccc([N+](=O)[O-])cc1. The van der Waals surface area contributed by atoms with E-state index in [1.807, 2.05) is 11.9 Å². The van der Waals surface area contributed by atoms with Gasteiger partial charge in [0.1, 0.15) is 6.61 Å². The molecule has 1 aromatic rings. The summed E-state index contributed by atoms with van der Waals surface area (Å²) in [5.41, 5.74) is 0.893. The lowest BCUT2D eigenvalue weighted by Crippen LogP contribution is -2.23. The van der Waals surface area contributed by atoms with Crippen molar-refractivity contribution in [2.75, 3.05) is 25.1 Å². The molecule has 6 nitrogen and oxygen atoms in total. The Bertz CT molecular complexity index is 402. The number of rotatable bonds is 5. The van der Waals surface area contributed by atoms with Crippen molar-refractivity contribution >= 4 is 17.3 Å². The predicted octanol–water partition coefficient (Wildman–Crippen LogP) is 1.59. The molecule has 1 rings (SSSR count). The molecule has 92 valence electrons. The zero-order valence-electron chi connectivity index (χ0n) is 9.75. The maximum Gasteiger partial charge on any atom is 0.302 e. The molecule has 0 N–H and O–H groups in total. The maximum absolute atomic E-state index is 10.6. The van der Waals surface area contributed by atoms with E-state index < -0.39 is 4.92 Å². The molecule has 0 amide bonds. The van der Waals surface area contributed by atoms with Gasteiger partial charge in [-0.05, 0) is 12.1 Å². The maximum atomic E-state index is 10.6. The third kappa shape index (κ3) is 4.10. The van der Waals surface area contributed by atoms with Crippen molar-refractivity contribution < 1.29 is 14.5 Å². The predicted molar refractivity (Wildman–Crippen MR) is 63.0 cm³/mol. The highest BCUT2D eigenvalue weighted by molar-refractivity contribution is 5.65. The number of likely N-dealkylation sites (N-methyl/N-ethyl adjacent to an activating group) is 1. The summed E-state index contributed by atoms with van der Waals surface area (Å²) in [7, 11) is 1.82. The summed E-state index contributed by atoms with van der Waals surface area (Å²) in [5, 5.41) is 10.5. The van der Waals surface area contributed by atoms with Gasteiger partial charge in [0, 0.05) is 31.8 Å². The minimum absolute atomic E-state index is 0.0575. The van der Waals surface area contributed by atoms with Crippen LogP contribution in [0.1, 0.15) is 6.92 Å². The van der Waals surface area contributed by atoms with E-state index in [2.05, 4.69) is 0 Å². The van der Waals surface area contributed by atoms with Crippen LogP contribution in [0.3, 0.4) is 0 Å². The molecule has 1 aromatic carbocycles. The number of ether oxygens (including phenoxy) is 1. The fraction of sp³-hybridized carbons (Fsp3) is 0.364. The van der Waals surface area contributed by atoms with Crippen LogP contribution in [-0.4, -0.2) is 31.1 Å². The van der Waals surface area contributed by atoms with E-state index in [0.717, 1.165) is 5.69 Å². The summed E-state index contributed by atoms with van der Waals surface area (Å²) in [6, 6.07) is 6.20. The van der Waals surface area contributed by atoms with E-state index in [1.165, 1.54) is 19.1 Å². The van der Waals surface area contributed by atoms with Gasteiger partial charge in [-0.1, -0.05) is 0 Å². The third-order valence-electron chi connectivity index (χ3n) is 2.23. The average molecular weight is 238 g/mol. The molecule has 17 heavy (non-hydrogen) atoms. The number of hydrogen-bond donors (Lipinski definition) is 0. The number of nitro benzene ring substituents is 1. The van der Waals surface area contributed by atoms with Crippen LogP contribution in [0.25, 0.3) is 0 Å². The monoisotopic (exact) mass is 238 g/mol. The third-order valence-corrected chi connectivity index (χ3v) is 2.23. The molecule has 0 saturated carbocycles. The molecule has 0 fully saturated rings. The number of non-ortho nitro benzene ring substituents is 1. The van der Waals surface area contributed by atoms with Crippen LogP contribution in [-0.2, 0) is 9.53 Å². The number of nitrogens with zero attached hydrogens (tertiary/aromatic N) is 2. The minimum Gasteiger partial charge on any atom is -0.464 e. The first kappa shape index (κ1) is 13.0. The van der Waals surface area contributed by atoms with Crippen LogP contribution in [0, 0.1) is 10.1 Å². The molecule has 0 aromatic heterocycles. The number of nitro groups is 1. The summed E-state index contributed by atoms with van der Waals surface area (Å²) < 4.78 is 4.81. The molecule has 0 saturated heterocycles. The number of carbonyl (C=O) groups excluding carboxylic acids is 1. The summed E-state index contributed by atoms with van der Waals surface area (Å²) in [4.78, 5) is 22.4. The van der Waals surface area contributed by atoms with Crippen molar-refractivity contribution in [1.29, 1.82) is 0 Å². The fourth-order valence-electron chi connectivity index (χ4n) is 1.28. The molecular formula is C11H14N2O4. The van der Waals surface area contributed by atoms with E-state index in [4.69, 9.17) is 4.74 Å². The molecule has 0 bridgehead atoms. The zero-order valence-corrected chi connectivity index (χ0v) is 9.75. The Hall–Kier alpha value is -2.11. The van der Waals surface area contributed by atoms with E-state index in [-0.39, 0.29) is 11.7 Å². The first-order valence-electron chi connectivity index (χ1n) is 5.09. The largest absolute Gasteiger partial charge is 0.464 e. The number of carbonyl (C=O) groups is 1. The van der Waals surface area contributed by atoms with Crippen molar-refractivity contribution in [2.45, 2.75) is 6.92 Å². The fourth-order valence-corrected chi connectivity index (χ4v) is 1.28. The lowest BCUT2D eigenvalue weighted by Gasteiger charge is -2.18. The topological polar surface area (TPSA) is 72.7 Å². The smallest absolute Gasteiger partial charge is 0.302 e. The average Bonchev–Trinajstić information content (AvgIpc) is 2.28. The molecular weight excluding hydrogens is 224 g/mol. The van der Waals surface area contributed by atoms with Crippen molar-refractivity contribution in [1.82, 2.24) is 0 Å². The summed E-state index contributed by atoms with van der Waals surface area (Å²) >= 11 is 0. The Kier molecular flexibility index (Phi) is 4.45. The highest BCUT2D eigenvalue weighted by Gasteiger charge is 2.06. The Balaban J connectivity index is 2.54. The van der Waals surface area contributed by atoms with E-state index >= 15 is 0 Å². The molecule has 0 aliphatic rings. The number of anilines is 1. The van der Waals surface area contributed by atoms with Gasteiger partial charge in [0.15, 0.2) is 0 Å². The zero-order chi connectivity index (χ0) is 12.8. The van der Waals surface area contributed by atoms with Gasteiger partial charge < -0.3 is 9.64 Å². The second-order valence-electron chi connectivity index (χ2n) is 3.54. The molecule has 0 spiro atoms. The molecule has 0 heterocycles. The Morgan fingerprint density at radius 3 is 2.47 bits per heavy atom. The molecule has 0 aliphatic carbocycles. The molecule has 0 radical (unpaired) electrons. The van der Waals surface area contributed by atoms with Crippen LogP contribution in [0.4, 0.5) is 11.4 Å². The second kappa shape index (κ2) is 5.83. The second-order valence-corrected chi connectivity index (χ2v) is 3.54. The van der Waals surface area contributed by atoms with Crippen molar-refractivity contribution in [3.63, 3.8) is 0 Å². The van der Waals surface area contributed by atoms with Crippen LogP contribution in [0.5, 0.6) is 0 Å². The number of benzene rings is 1. The minimum atomic E-state index is -0.442. The number of hydrogen-bond acceptors (Lipinski definition) is 5. The standard InChI is InChI=1S/C11H14N2O4/c1-9(14)17-8-7-12(2)10-3-5-11(6-4-10)13(15)16/h3-6H,7-8H2,1-2H3. The van der Waals surface area contributed by atoms with Gasteiger partial charge in [-0.3, -0.25) is 14.9 Å². The van der Waals surface area contributed by atoms with Crippen LogP contribution >= 0.6 is 0 Å². The first-order chi connectivity index (χ1) is 8.00. The van der Waals surface area contributed by atoms with Gasteiger partial charge in [-0.25, -0.2) is 0 Å². The molecule has 0 unspecified atom stereocenters. The summed E-state index contributed by atoms with van der Waals surface area (Å²) in [5.74, 6) is -0.318. The Morgan fingerprint density at radius 1 is 1.41 bits per heavy atom. The van der Waals surface area contributed by atoms with E-state index in [9.17, 15) is 14.9 Å². The van der Waals surface area contributed by atoms with Gasteiger partial charge in [0.25, 0.3) is 5.69 Å². The van der Waals surface area contributed by atoms with E-state index in [1.54, 1.807) is 12.1 Å². The van der Waals surface area contributed by atoms with Crippen LogP contribution in [0.15, 0.2) is 24.3 Å². The molecule has 0 aliphatic heterocycles. The highest BCUT2D eigenvalue weighted by atomic mass is 16.6. The summed E-state index contributed by atoms with van der Waals surface area (Å²) in [6.45, 7) is 2.19. The van der Waals surface area contributed by atoms with Gasteiger partial charge in [0.05, 0.1) is 11.5 Å².